The quantitative estimate of drug-likeness (QED) is 0.389. The van der Waals surface area contributed by atoms with Gasteiger partial charge in [-0.1, -0.05) is 19.8 Å². The molecule has 0 bridgehead atoms. The van der Waals surface area contributed by atoms with Gasteiger partial charge in [-0.3, -0.25) is 0 Å². The molecule has 0 saturated carbocycles. The van der Waals surface area contributed by atoms with E-state index >= 15 is 0 Å². The van der Waals surface area contributed by atoms with Crippen LogP contribution in [-0.2, 0) is 37.5 Å². The summed E-state index contributed by atoms with van der Waals surface area (Å²) < 4.78 is 0. The van der Waals surface area contributed by atoms with Gasteiger partial charge in [0, 0.05) is 39.1 Å². The molecule has 0 aliphatic rings. The van der Waals surface area contributed by atoms with Crippen LogP contribution in [0.2, 0.25) is 0 Å². The molecule has 0 aromatic rings. The Bertz CT molecular complexity index is 46.2. The van der Waals surface area contributed by atoms with Crippen LogP contribution in [0.15, 0.2) is 0 Å². The summed E-state index contributed by atoms with van der Waals surface area (Å²) in [6, 6.07) is 0. The van der Waals surface area contributed by atoms with Crippen LogP contribution >= 0.6 is 0 Å². The SMILES string of the molecule is CCCCCC=O.[CH3-].[Y]. The molecule has 53 valence electrons. The van der Waals surface area contributed by atoms with Crippen molar-refractivity contribution in [2.75, 3.05) is 0 Å². The molecule has 0 spiro atoms. The van der Waals surface area contributed by atoms with E-state index in [1.807, 2.05) is 0 Å². The molecule has 1 nitrogen and oxygen atoms in total. The molecule has 0 aliphatic carbocycles. The van der Waals surface area contributed by atoms with E-state index in [-0.39, 0.29) is 40.1 Å². The first-order valence-electron chi connectivity index (χ1n) is 2.85. The van der Waals surface area contributed by atoms with Crippen molar-refractivity contribution < 1.29 is 37.5 Å². The van der Waals surface area contributed by atoms with Gasteiger partial charge in [-0.2, -0.15) is 0 Å². The maximum atomic E-state index is 9.68. The Morgan fingerprint density at radius 2 is 1.89 bits per heavy atom. The first-order valence-corrected chi connectivity index (χ1v) is 2.85. The van der Waals surface area contributed by atoms with Crippen LogP contribution in [0.4, 0.5) is 0 Å². The summed E-state index contributed by atoms with van der Waals surface area (Å²) in [5.41, 5.74) is 0. The molecule has 0 N–H and O–H groups in total. The monoisotopic (exact) mass is 204 g/mol. The third kappa shape index (κ3) is 17.7. The van der Waals surface area contributed by atoms with Crippen molar-refractivity contribution in [2.45, 2.75) is 32.6 Å². The second kappa shape index (κ2) is 15.9. The van der Waals surface area contributed by atoms with E-state index in [2.05, 4.69) is 6.92 Å². The molecule has 2 heteroatoms. The Morgan fingerprint density at radius 1 is 1.33 bits per heavy atom. The van der Waals surface area contributed by atoms with Crippen LogP contribution in [0.5, 0.6) is 0 Å². The molecule has 9 heavy (non-hydrogen) atoms. The number of unbranched alkanes of at least 4 members (excludes halogenated alkanes) is 3. The minimum Gasteiger partial charge on any atom is -0.358 e. The molecule has 0 atom stereocenters. The van der Waals surface area contributed by atoms with Crippen LogP contribution in [0.25, 0.3) is 0 Å². The van der Waals surface area contributed by atoms with Crippen LogP contribution < -0.4 is 0 Å². The van der Waals surface area contributed by atoms with Crippen molar-refractivity contribution in [3.05, 3.63) is 7.43 Å². The van der Waals surface area contributed by atoms with Gasteiger partial charge < -0.3 is 12.2 Å². The molecule has 0 fully saturated rings. The Hall–Kier alpha value is 0.774. The molecule has 0 aromatic heterocycles. The molecule has 0 amide bonds. The molecular weight excluding hydrogens is 189 g/mol. The molecule has 0 aromatic carbocycles. The maximum absolute atomic E-state index is 9.68. The minimum atomic E-state index is 0. The van der Waals surface area contributed by atoms with E-state index in [0.29, 0.717) is 0 Å². The van der Waals surface area contributed by atoms with E-state index in [1.54, 1.807) is 0 Å². The standard InChI is InChI=1S/C6H12O.CH3.Y/c1-2-3-4-5-6-7;;/h6H,2-5H2,1H3;1H3;/q;-1;. The molecule has 0 unspecified atom stereocenters. The van der Waals surface area contributed by atoms with Gasteiger partial charge in [-0.15, -0.1) is 0 Å². The predicted octanol–water partition coefficient (Wildman–Crippen LogP) is 2.21. The summed E-state index contributed by atoms with van der Waals surface area (Å²) >= 11 is 0. The molecular formula is C7H15OY-. The van der Waals surface area contributed by atoms with Crippen LogP contribution in [0, 0.1) is 7.43 Å². The summed E-state index contributed by atoms with van der Waals surface area (Å²) in [5, 5.41) is 0. The van der Waals surface area contributed by atoms with E-state index < -0.39 is 0 Å². The summed E-state index contributed by atoms with van der Waals surface area (Å²) in [6.07, 6.45) is 5.19. The number of carbonyl (C=O) groups excluding carboxylic acids is 1. The van der Waals surface area contributed by atoms with E-state index in [4.69, 9.17) is 0 Å². The summed E-state index contributed by atoms with van der Waals surface area (Å²) in [7, 11) is 0. The fourth-order valence-electron chi connectivity index (χ4n) is 0.478. The first-order chi connectivity index (χ1) is 3.41. The van der Waals surface area contributed by atoms with Crippen molar-refractivity contribution in [3.8, 4) is 0 Å². The maximum Gasteiger partial charge on any atom is 0.119 e. The summed E-state index contributed by atoms with van der Waals surface area (Å²) in [6.45, 7) is 2.13. The van der Waals surface area contributed by atoms with Crippen LogP contribution in [0.1, 0.15) is 32.6 Å². The third-order valence-electron chi connectivity index (χ3n) is 0.926. The minimum absolute atomic E-state index is 0. The Labute approximate surface area is 83.5 Å². The second-order valence-electron chi connectivity index (χ2n) is 1.66. The number of aldehydes is 1. The number of hydrogen-bond acceptors (Lipinski definition) is 1. The van der Waals surface area contributed by atoms with Gasteiger partial charge in [0.25, 0.3) is 0 Å². The van der Waals surface area contributed by atoms with E-state index in [0.717, 1.165) is 19.1 Å². The normalized spacial score (nSPS) is 6.78. The predicted molar refractivity (Wildman–Crippen MR) is 36.6 cm³/mol. The van der Waals surface area contributed by atoms with Crippen molar-refractivity contribution >= 4 is 6.29 Å². The fraction of sp³-hybridized carbons (Fsp3) is 0.714. The zero-order valence-electron chi connectivity index (χ0n) is 6.39. The number of rotatable bonds is 4. The fourth-order valence-corrected chi connectivity index (χ4v) is 0.478. The van der Waals surface area contributed by atoms with Crippen LogP contribution in [0.3, 0.4) is 0 Å². The average Bonchev–Trinajstić information content (AvgIpc) is 1.69. The zero-order chi connectivity index (χ0) is 5.54. The van der Waals surface area contributed by atoms with Gasteiger partial charge in [0.05, 0.1) is 0 Å². The molecule has 0 aliphatic heterocycles. The van der Waals surface area contributed by atoms with Gasteiger partial charge in [-0.25, -0.2) is 0 Å². The van der Waals surface area contributed by atoms with Crippen molar-refractivity contribution in [3.63, 3.8) is 0 Å². The topological polar surface area (TPSA) is 17.1 Å². The smallest absolute Gasteiger partial charge is 0.119 e. The van der Waals surface area contributed by atoms with Crippen molar-refractivity contribution in [2.24, 2.45) is 0 Å². The Balaban J connectivity index is -0.000000180. The number of carbonyl (C=O) groups is 1. The largest absolute Gasteiger partial charge is 0.358 e. The molecule has 1 radical (unpaired) electrons. The van der Waals surface area contributed by atoms with E-state index in [9.17, 15) is 4.79 Å². The molecule has 0 heterocycles. The van der Waals surface area contributed by atoms with Crippen molar-refractivity contribution in [1.82, 2.24) is 0 Å². The molecule has 0 rings (SSSR count). The molecule has 0 saturated heterocycles. The van der Waals surface area contributed by atoms with Crippen LogP contribution in [-0.4, -0.2) is 6.29 Å². The van der Waals surface area contributed by atoms with Gasteiger partial charge in [0.2, 0.25) is 0 Å². The van der Waals surface area contributed by atoms with Gasteiger partial charge in [0.1, 0.15) is 6.29 Å². The van der Waals surface area contributed by atoms with Gasteiger partial charge in [0.15, 0.2) is 0 Å². The Kier molecular flexibility index (Phi) is 29.0. The average molecular weight is 204 g/mol. The summed E-state index contributed by atoms with van der Waals surface area (Å²) in [5.74, 6) is 0. The van der Waals surface area contributed by atoms with Gasteiger partial charge >= 0.3 is 0 Å². The second-order valence-corrected chi connectivity index (χ2v) is 1.66. The van der Waals surface area contributed by atoms with Gasteiger partial charge in [-0.05, 0) is 6.42 Å². The van der Waals surface area contributed by atoms with Crippen molar-refractivity contribution in [1.29, 1.82) is 0 Å². The van der Waals surface area contributed by atoms with E-state index in [1.165, 1.54) is 12.8 Å². The third-order valence-corrected chi connectivity index (χ3v) is 0.926. The summed E-state index contributed by atoms with van der Waals surface area (Å²) in [4.78, 5) is 9.68. The zero-order valence-corrected chi connectivity index (χ0v) is 9.23. The first kappa shape index (κ1) is 16.4. The Morgan fingerprint density at radius 3 is 2.22 bits per heavy atom. The number of hydrogen-bond donors (Lipinski definition) is 0.